The van der Waals surface area contributed by atoms with E-state index in [0.29, 0.717) is 12.5 Å². The summed E-state index contributed by atoms with van der Waals surface area (Å²) < 4.78 is 0. The zero-order chi connectivity index (χ0) is 15.2. The number of H-pyrrole nitrogens is 1. The van der Waals surface area contributed by atoms with E-state index < -0.39 is 6.10 Å². The average Bonchev–Trinajstić information content (AvgIpc) is 2.98. The highest BCUT2D eigenvalue weighted by molar-refractivity contribution is 6.30. The topological polar surface area (TPSA) is 52.1 Å². The first kappa shape index (κ1) is 15.9. The Morgan fingerprint density at radius 2 is 2.00 bits per heavy atom. The fourth-order valence-electron chi connectivity index (χ4n) is 2.38. The lowest BCUT2D eigenvalue weighted by Crippen LogP contribution is -2.31. The van der Waals surface area contributed by atoms with Crippen LogP contribution in [0.5, 0.6) is 0 Å². The Hall–Kier alpha value is -1.52. The molecular formula is C16H22ClN3O. The van der Waals surface area contributed by atoms with E-state index in [2.05, 4.69) is 28.7 Å². The number of hydrogen-bond acceptors (Lipinski definition) is 3. The summed E-state index contributed by atoms with van der Waals surface area (Å²) in [5.74, 6) is 0. The lowest BCUT2D eigenvalue weighted by Gasteiger charge is -2.29. The molecule has 5 heteroatoms. The highest BCUT2D eigenvalue weighted by Crippen LogP contribution is 2.22. The maximum absolute atomic E-state index is 10.1. The fourth-order valence-corrected chi connectivity index (χ4v) is 2.50. The molecular weight excluding hydrogens is 286 g/mol. The van der Waals surface area contributed by atoms with Gasteiger partial charge in [0.15, 0.2) is 0 Å². The number of benzene rings is 1. The van der Waals surface area contributed by atoms with Crippen molar-refractivity contribution >= 4 is 17.3 Å². The Balaban J connectivity index is 1.90. The van der Waals surface area contributed by atoms with E-state index in [4.69, 9.17) is 11.6 Å². The van der Waals surface area contributed by atoms with Crippen LogP contribution in [0.3, 0.4) is 0 Å². The Morgan fingerprint density at radius 3 is 2.57 bits per heavy atom. The summed E-state index contributed by atoms with van der Waals surface area (Å²) in [6.07, 6.45) is 4.39. The summed E-state index contributed by atoms with van der Waals surface area (Å²) >= 11 is 5.94. The summed E-state index contributed by atoms with van der Waals surface area (Å²) in [4.78, 5) is 9.19. The van der Waals surface area contributed by atoms with Crippen LogP contribution in [0.1, 0.15) is 38.5 Å². The van der Waals surface area contributed by atoms with Gasteiger partial charge < -0.3 is 15.0 Å². The van der Waals surface area contributed by atoms with E-state index in [-0.39, 0.29) is 0 Å². The molecule has 0 amide bonds. The van der Waals surface area contributed by atoms with Crippen molar-refractivity contribution in [2.75, 3.05) is 11.4 Å². The molecule has 0 bridgehead atoms. The van der Waals surface area contributed by atoms with Crippen LogP contribution in [-0.2, 0) is 0 Å². The molecule has 0 aliphatic heterocycles. The highest BCUT2D eigenvalue weighted by atomic mass is 35.5. The van der Waals surface area contributed by atoms with Crippen LogP contribution in [0.2, 0.25) is 5.02 Å². The molecule has 2 aromatic rings. The average molecular weight is 308 g/mol. The van der Waals surface area contributed by atoms with Gasteiger partial charge in [-0.25, -0.2) is 4.98 Å². The first-order chi connectivity index (χ1) is 10.1. The van der Waals surface area contributed by atoms with Crippen molar-refractivity contribution in [3.05, 3.63) is 47.5 Å². The molecule has 0 saturated heterocycles. The largest absolute Gasteiger partial charge is 0.387 e. The summed E-state index contributed by atoms with van der Waals surface area (Å²) in [5.41, 5.74) is 1.93. The van der Waals surface area contributed by atoms with E-state index in [1.807, 2.05) is 24.3 Å². The molecule has 0 spiro atoms. The molecule has 2 N–H and O–H groups in total. The molecule has 1 heterocycles. The minimum atomic E-state index is -0.480. The molecule has 21 heavy (non-hydrogen) atoms. The number of aliphatic hydroxyl groups is 1. The number of aromatic amines is 1. The molecule has 0 fully saturated rings. The SMILES string of the molecule is CC(C)N(CCCC(O)c1cnc[nH]1)c1ccc(Cl)cc1. The molecule has 4 nitrogen and oxygen atoms in total. The number of aromatic nitrogens is 2. The van der Waals surface area contributed by atoms with E-state index in [0.717, 1.165) is 29.4 Å². The number of rotatable bonds is 7. The molecule has 1 aromatic heterocycles. The second-order valence-corrected chi connectivity index (χ2v) is 5.86. The number of aliphatic hydroxyl groups excluding tert-OH is 1. The Labute approximate surface area is 130 Å². The quantitative estimate of drug-likeness (QED) is 0.818. The van der Waals surface area contributed by atoms with E-state index >= 15 is 0 Å². The second kappa shape index (κ2) is 7.48. The molecule has 0 radical (unpaired) electrons. The molecule has 0 saturated carbocycles. The summed E-state index contributed by atoms with van der Waals surface area (Å²) in [7, 11) is 0. The van der Waals surface area contributed by atoms with E-state index in [9.17, 15) is 5.11 Å². The number of nitrogens with zero attached hydrogens (tertiary/aromatic N) is 2. The van der Waals surface area contributed by atoms with Gasteiger partial charge in [0.2, 0.25) is 0 Å². The minimum absolute atomic E-state index is 0.399. The molecule has 2 rings (SSSR count). The van der Waals surface area contributed by atoms with Gasteiger partial charge >= 0.3 is 0 Å². The van der Waals surface area contributed by atoms with E-state index in [1.54, 1.807) is 12.5 Å². The standard InChI is InChI=1S/C16H22ClN3O/c1-12(2)20(14-7-5-13(17)6-8-14)9-3-4-16(21)15-10-18-11-19-15/h5-8,10-12,16,21H,3-4,9H2,1-2H3,(H,18,19). The monoisotopic (exact) mass is 307 g/mol. The van der Waals surface area contributed by atoms with Crippen LogP contribution in [0, 0.1) is 0 Å². The van der Waals surface area contributed by atoms with Gasteiger partial charge in [-0.15, -0.1) is 0 Å². The summed E-state index contributed by atoms with van der Waals surface area (Å²) in [6.45, 7) is 5.23. The Morgan fingerprint density at radius 1 is 1.29 bits per heavy atom. The number of halogens is 1. The Bertz CT molecular complexity index is 525. The fraction of sp³-hybridized carbons (Fsp3) is 0.438. The van der Waals surface area contributed by atoms with Gasteiger partial charge in [0.25, 0.3) is 0 Å². The van der Waals surface area contributed by atoms with Crippen LogP contribution >= 0.6 is 11.6 Å². The first-order valence-corrected chi connectivity index (χ1v) is 7.64. The third kappa shape index (κ3) is 4.48. The highest BCUT2D eigenvalue weighted by Gasteiger charge is 2.13. The molecule has 114 valence electrons. The van der Waals surface area contributed by atoms with Gasteiger partial charge in [0, 0.05) is 23.3 Å². The maximum atomic E-state index is 10.1. The van der Waals surface area contributed by atoms with Crippen LogP contribution in [0.4, 0.5) is 5.69 Å². The Kier molecular flexibility index (Phi) is 5.65. The zero-order valence-electron chi connectivity index (χ0n) is 12.5. The second-order valence-electron chi connectivity index (χ2n) is 5.43. The number of hydrogen-bond donors (Lipinski definition) is 2. The van der Waals surface area contributed by atoms with Crippen molar-refractivity contribution in [1.82, 2.24) is 9.97 Å². The third-order valence-electron chi connectivity index (χ3n) is 3.54. The summed E-state index contributed by atoms with van der Waals surface area (Å²) in [5, 5.41) is 10.8. The van der Waals surface area contributed by atoms with Crippen LogP contribution in [-0.4, -0.2) is 27.7 Å². The predicted octanol–water partition coefficient (Wildman–Crippen LogP) is 3.79. The maximum Gasteiger partial charge on any atom is 0.0954 e. The zero-order valence-corrected chi connectivity index (χ0v) is 13.2. The molecule has 1 unspecified atom stereocenters. The van der Waals surface area contributed by atoms with Crippen molar-refractivity contribution < 1.29 is 5.11 Å². The van der Waals surface area contributed by atoms with Crippen LogP contribution in [0.15, 0.2) is 36.8 Å². The molecule has 1 aromatic carbocycles. The van der Waals surface area contributed by atoms with Gasteiger partial charge in [-0.05, 0) is 51.0 Å². The van der Waals surface area contributed by atoms with Crippen molar-refractivity contribution in [1.29, 1.82) is 0 Å². The van der Waals surface area contributed by atoms with Gasteiger partial charge in [0.05, 0.1) is 24.3 Å². The molecule has 0 aliphatic rings. The number of imidazole rings is 1. The summed E-state index contributed by atoms with van der Waals surface area (Å²) in [6, 6.07) is 8.29. The van der Waals surface area contributed by atoms with Crippen LogP contribution in [0.25, 0.3) is 0 Å². The predicted molar refractivity (Wildman–Crippen MR) is 86.7 cm³/mol. The van der Waals surface area contributed by atoms with Crippen molar-refractivity contribution in [3.8, 4) is 0 Å². The molecule has 1 atom stereocenters. The van der Waals surface area contributed by atoms with Crippen molar-refractivity contribution in [2.24, 2.45) is 0 Å². The first-order valence-electron chi connectivity index (χ1n) is 7.26. The third-order valence-corrected chi connectivity index (χ3v) is 3.79. The van der Waals surface area contributed by atoms with Crippen molar-refractivity contribution in [3.63, 3.8) is 0 Å². The van der Waals surface area contributed by atoms with Gasteiger partial charge in [-0.3, -0.25) is 0 Å². The van der Waals surface area contributed by atoms with Gasteiger partial charge in [-0.1, -0.05) is 11.6 Å². The molecule has 0 aliphatic carbocycles. The van der Waals surface area contributed by atoms with Crippen LogP contribution < -0.4 is 4.90 Å². The van der Waals surface area contributed by atoms with Crippen molar-refractivity contribution in [2.45, 2.75) is 38.8 Å². The lowest BCUT2D eigenvalue weighted by atomic mass is 10.1. The minimum Gasteiger partial charge on any atom is -0.387 e. The van der Waals surface area contributed by atoms with Gasteiger partial charge in [0.1, 0.15) is 0 Å². The number of anilines is 1. The van der Waals surface area contributed by atoms with Gasteiger partial charge in [-0.2, -0.15) is 0 Å². The number of nitrogens with one attached hydrogen (secondary N) is 1. The van der Waals surface area contributed by atoms with E-state index in [1.165, 1.54) is 0 Å². The smallest absolute Gasteiger partial charge is 0.0954 e. The lowest BCUT2D eigenvalue weighted by molar-refractivity contribution is 0.161. The normalized spacial score (nSPS) is 12.6.